The summed E-state index contributed by atoms with van der Waals surface area (Å²) in [5.74, 6) is 0.691. The molecule has 4 N–H and O–H groups in total. The number of nitrogens with two attached hydrogens (primary N) is 1. The Morgan fingerprint density at radius 3 is 2.86 bits per heavy atom. The van der Waals surface area contributed by atoms with Gasteiger partial charge in [-0.05, 0) is 31.9 Å². The van der Waals surface area contributed by atoms with Crippen molar-refractivity contribution in [3.8, 4) is 0 Å². The highest BCUT2D eigenvalue weighted by atomic mass is 16.3. The van der Waals surface area contributed by atoms with Crippen molar-refractivity contribution in [2.24, 2.45) is 0 Å². The first kappa shape index (κ1) is 9.27. The number of aliphatic hydroxyl groups is 1. The van der Waals surface area contributed by atoms with E-state index < -0.39 is 0 Å². The van der Waals surface area contributed by atoms with Crippen molar-refractivity contribution in [3.63, 3.8) is 0 Å². The molecule has 76 valence electrons. The number of nitrogen functional groups attached to an aromatic ring is 1. The van der Waals surface area contributed by atoms with Gasteiger partial charge < -0.3 is 16.2 Å². The molecule has 2 rings (SSSR count). The lowest BCUT2D eigenvalue weighted by Gasteiger charge is -2.16. The minimum absolute atomic E-state index is 0.141. The number of aromatic nitrogens is 1. The fraction of sp³-hybridized carbons (Fsp3) is 0.500. The van der Waals surface area contributed by atoms with Gasteiger partial charge in [0, 0.05) is 5.69 Å². The zero-order chi connectivity index (χ0) is 10.2. The summed E-state index contributed by atoms with van der Waals surface area (Å²) in [6.07, 6.45) is 1.97. The predicted octanol–water partition coefficient (Wildman–Crippen LogP) is 0.909. The molecule has 0 radical (unpaired) electrons. The highest BCUT2D eigenvalue weighted by Crippen LogP contribution is 2.38. The molecule has 1 aromatic heterocycles. The van der Waals surface area contributed by atoms with Crippen LogP contribution in [0.15, 0.2) is 12.1 Å². The van der Waals surface area contributed by atoms with Crippen LogP contribution in [0.1, 0.15) is 18.5 Å². The van der Waals surface area contributed by atoms with Crippen LogP contribution in [0.3, 0.4) is 0 Å². The molecule has 1 aromatic rings. The number of pyridine rings is 1. The Kier molecular flexibility index (Phi) is 2.07. The topological polar surface area (TPSA) is 71.2 Å². The largest absolute Gasteiger partial charge is 0.396 e. The number of anilines is 2. The maximum atomic E-state index is 9.15. The highest BCUT2D eigenvalue weighted by molar-refractivity contribution is 5.63. The average Bonchev–Trinajstić information content (AvgIpc) is 2.92. The van der Waals surface area contributed by atoms with Crippen LogP contribution in [0, 0.1) is 6.92 Å². The zero-order valence-electron chi connectivity index (χ0n) is 8.25. The summed E-state index contributed by atoms with van der Waals surface area (Å²) in [7, 11) is 0. The summed E-state index contributed by atoms with van der Waals surface area (Å²) in [6, 6.07) is 3.71. The molecule has 4 heteroatoms. The van der Waals surface area contributed by atoms with Crippen LogP contribution in [0.25, 0.3) is 0 Å². The summed E-state index contributed by atoms with van der Waals surface area (Å²) in [4.78, 5) is 4.30. The minimum atomic E-state index is -0.158. The molecule has 14 heavy (non-hydrogen) atoms. The summed E-state index contributed by atoms with van der Waals surface area (Å²) in [5.41, 5.74) is 7.18. The van der Waals surface area contributed by atoms with E-state index in [0.29, 0.717) is 11.5 Å². The van der Waals surface area contributed by atoms with Crippen LogP contribution in [0.4, 0.5) is 11.5 Å². The lowest BCUT2D eigenvalue weighted by atomic mass is 10.2. The third-order valence-electron chi connectivity index (χ3n) is 2.61. The van der Waals surface area contributed by atoms with Gasteiger partial charge in [0.2, 0.25) is 0 Å². The van der Waals surface area contributed by atoms with Gasteiger partial charge in [-0.25, -0.2) is 4.98 Å². The van der Waals surface area contributed by atoms with E-state index in [1.807, 2.05) is 19.1 Å². The van der Waals surface area contributed by atoms with Crippen LogP contribution in [0.2, 0.25) is 0 Å². The Bertz CT molecular complexity index is 347. The van der Waals surface area contributed by atoms with E-state index in [1.165, 1.54) is 0 Å². The summed E-state index contributed by atoms with van der Waals surface area (Å²) in [6.45, 7) is 2.06. The summed E-state index contributed by atoms with van der Waals surface area (Å²) < 4.78 is 0. The monoisotopic (exact) mass is 193 g/mol. The molecule has 4 nitrogen and oxygen atoms in total. The van der Waals surface area contributed by atoms with Crippen LogP contribution in [-0.2, 0) is 0 Å². The van der Waals surface area contributed by atoms with Gasteiger partial charge in [0.25, 0.3) is 0 Å². The molecule has 0 unspecified atom stereocenters. The van der Waals surface area contributed by atoms with Gasteiger partial charge in [-0.1, -0.05) is 0 Å². The molecule has 0 aliphatic heterocycles. The Morgan fingerprint density at radius 2 is 2.29 bits per heavy atom. The van der Waals surface area contributed by atoms with Crippen molar-refractivity contribution in [2.75, 3.05) is 17.7 Å². The summed E-state index contributed by atoms with van der Waals surface area (Å²) in [5, 5.41) is 12.3. The van der Waals surface area contributed by atoms with E-state index in [0.717, 1.165) is 18.5 Å². The second kappa shape index (κ2) is 3.13. The molecule has 0 bridgehead atoms. The van der Waals surface area contributed by atoms with Gasteiger partial charge in [0.05, 0.1) is 17.8 Å². The molecule has 0 aromatic carbocycles. The third kappa shape index (κ3) is 1.65. The molecule has 0 saturated heterocycles. The van der Waals surface area contributed by atoms with Crippen molar-refractivity contribution >= 4 is 11.5 Å². The van der Waals surface area contributed by atoms with E-state index >= 15 is 0 Å². The Morgan fingerprint density at radius 1 is 1.57 bits per heavy atom. The SMILES string of the molecule is Cc1ccc(N)c(NC2(CO)CC2)n1. The fourth-order valence-corrected chi connectivity index (χ4v) is 1.39. The number of aryl methyl sites for hydroxylation is 1. The van der Waals surface area contributed by atoms with Gasteiger partial charge in [-0.3, -0.25) is 0 Å². The van der Waals surface area contributed by atoms with Gasteiger partial charge >= 0.3 is 0 Å². The number of nitrogens with zero attached hydrogens (tertiary/aromatic N) is 1. The normalized spacial score (nSPS) is 17.9. The Hall–Kier alpha value is -1.29. The number of hydrogen-bond acceptors (Lipinski definition) is 4. The van der Waals surface area contributed by atoms with Crippen molar-refractivity contribution in [1.29, 1.82) is 0 Å². The predicted molar refractivity (Wildman–Crippen MR) is 56.1 cm³/mol. The molecule has 1 heterocycles. The van der Waals surface area contributed by atoms with Crippen LogP contribution < -0.4 is 11.1 Å². The van der Waals surface area contributed by atoms with Crippen LogP contribution >= 0.6 is 0 Å². The fourth-order valence-electron chi connectivity index (χ4n) is 1.39. The van der Waals surface area contributed by atoms with Gasteiger partial charge in [-0.2, -0.15) is 0 Å². The maximum Gasteiger partial charge on any atom is 0.149 e. The van der Waals surface area contributed by atoms with Crippen molar-refractivity contribution in [1.82, 2.24) is 4.98 Å². The second-order valence-corrected chi connectivity index (χ2v) is 3.95. The molecule has 0 atom stereocenters. The van der Waals surface area contributed by atoms with Gasteiger partial charge in [-0.15, -0.1) is 0 Å². The Labute approximate surface area is 83.2 Å². The maximum absolute atomic E-state index is 9.15. The lowest BCUT2D eigenvalue weighted by molar-refractivity contribution is 0.266. The first-order chi connectivity index (χ1) is 6.65. The molecule has 0 amide bonds. The quantitative estimate of drug-likeness (QED) is 0.667. The van der Waals surface area contributed by atoms with Crippen LogP contribution in [-0.4, -0.2) is 22.2 Å². The number of aliphatic hydroxyl groups excluding tert-OH is 1. The minimum Gasteiger partial charge on any atom is -0.396 e. The van der Waals surface area contributed by atoms with E-state index in [1.54, 1.807) is 0 Å². The number of nitrogens with one attached hydrogen (secondary N) is 1. The lowest BCUT2D eigenvalue weighted by Crippen LogP contribution is -2.26. The van der Waals surface area contributed by atoms with E-state index in [-0.39, 0.29) is 12.1 Å². The number of rotatable bonds is 3. The highest BCUT2D eigenvalue weighted by Gasteiger charge is 2.42. The molecular formula is C10H15N3O. The smallest absolute Gasteiger partial charge is 0.149 e. The van der Waals surface area contributed by atoms with Crippen molar-refractivity contribution < 1.29 is 5.11 Å². The van der Waals surface area contributed by atoms with E-state index in [4.69, 9.17) is 10.8 Å². The summed E-state index contributed by atoms with van der Waals surface area (Å²) >= 11 is 0. The third-order valence-corrected chi connectivity index (χ3v) is 2.61. The second-order valence-electron chi connectivity index (χ2n) is 3.95. The molecule has 1 saturated carbocycles. The van der Waals surface area contributed by atoms with Crippen LogP contribution in [0.5, 0.6) is 0 Å². The standard InChI is InChI=1S/C10H15N3O/c1-7-2-3-8(11)9(12-7)13-10(6-14)4-5-10/h2-3,14H,4-6,11H2,1H3,(H,12,13). The molecule has 1 aliphatic rings. The van der Waals surface area contributed by atoms with Gasteiger partial charge in [0.15, 0.2) is 0 Å². The molecule has 0 spiro atoms. The zero-order valence-corrected chi connectivity index (χ0v) is 8.25. The van der Waals surface area contributed by atoms with Crippen molar-refractivity contribution in [2.45, 2.75) is 25.3 Å². The van der Waals surface area contributed by atoms with Crippen molar-refractivity contribution in [3.05, 3.63) is 17.8 Å². The average molecular weight is 193 g/mol. The molecule has 1 aliphatic carbocycles. The van der Waals surface area contributed by atoms with Gasteiger partial charge in [0.1, 0.15) is 5.82 Å². The molecule has 1 fully saturated rings. The first-order valence-corrected chi connectivity index (χ1v) is 4.77. The first-order valence-electron chi connectivity index (χ1n) is 4.77. The van der Waals surface area contributed by atoms with E-state index in [2.05, 4.69) is 10.3 Å². The Balaban J connectivity index is 2.20. The molecular weight excluding hydrogens is 178 g/mol. The number of hydrogen-bond donors (Lipinski definition) is 3. The van der Waals surface area contributed by atoms with E-state index in [9.17, 15) is 0 Å².